The summed E-state index contributed by atoms with van der Waals surface area (Å²) in [6.07, 6.45) is 4.11. The number of rotatable bonds is 8. The van der Waals surface area contributed by atoms with E-state index >= 15 is 0 Å². The molecule has 0 amide bonds. The smallest absolute Gasteiger partial charge is 0.191 e. The monoisotopic (exact) mass is 384 g/mol. The van der Waals surface area contributed by atoms with Crippen molar-refractivity contribution in [2.75, 3.05) is 19.6 Å². The molecular weight excluding hydrogens is 356 g/mol. The van der Waals surface area contributed by atoms with E-state index in [2.05, 4.69) is 45.0 Å². The summed E-state index contributed by atoms with van der Waals surface area (Å²) in [5.74, 6) is 0.743. The molecule has 2 aromatic heterocycles. The number of nitrogens with one attached hydrogen (secondary N) is 3. The zero-order valence-corrected chi connectivity index (χ0v) is 16.8. The first-order valence-corrected chi connectivity index (χ1v) is 10.4. The Hall–Kier alpha value is -2.31. The van der Waals surface area contributed by atoms with E-state index < -0.39 is 5.60 Å². The summed E-state index contributed by atoms with van der Waals surface area (Å²) in [5.41, 5.74) is 2.49. The number of aromatic nitrogens is 1. The van der Waals surface area contributed by atoms with Gasteiger partial charge in [-0.1, -0.05) is 18.2 Å². The number of fused-ring (bicyclic) bond motifs is 1. The maximum atomic E-state index is 10.6. The molecular formula is C21H28N4OS. The SMILES string of the molecule is CCNC(=NCC(C)(O)c1ccsc1)NCCCc1c[nH]c2ccccc12. The van der Waals surface area contributed by atoms with Crippen molar-refractivity contribution in [2.45, 2.75) is 32.3 Å². The molecule has 0 radical (unpaired) electrons. The molecule has 0 aliphatic heterocycles. The summed E-state index contributed by atoms with van der Waals surface area (Å²) < 4.78 is 0. The fraction of sp³-hybridized carbons (Fsp3) is 0.381. The van der Waals surface area contributed by atoms with Crippen molar-refractivity contribution in [3.63, 3.8) is 0 Å². The minimum absolute atomic E-state index is 0.321. The third-order valence-electron chi connectivity index (χ3n) is 4.62. The normalized spacial score (nSPS) is 14.3. The highest BCUT2D eigenvalue weighted by atomic mass is 32.1. The van der Waals surface area contributed by atoms with E-state index in [1.807, 2.05) is 29.8 Å². The minimum Gasteiger partial charge on any atom is -0.383 e. The second-order valence-corrected chi connectivity index (χ2v) is 7.65. The van der Waals surface area contributed by atoms with Gasteiger partial charge in [-0.05, 0) is 60.7 Å². The van der Waals surface area contributed by atoms with Gasteiger partial charge in [-0.15, -0.1) is 0 Å². The standard InChI is InChI=1S/C21H28N4OS/c1-3-22-20(25-15-21(2,26)17-10-12-27-14-17)23-11-6-7-16-13-24-19-9-5-4-8-18(16)19/h4-5,8-10,12-14,24,26H,3,6-7,11,15H2,1-2H3,(H2,22,23,25). The van der Waals surface area contributed by atoms with E-state index in [9.17, 15) is 5.11 Å². The summed E-state index contributed by atoms with van der Waals surface area (Å²) in [5, 5.41) is 22.5. The number of hydrogen-bond acceptors (Lipinski definition) is 3. The highest BCUT2D eigenvalue weighted by Crippen LogP contribution is 2.23. The van der Waals surface area contributed by atoms with Crippen molar-refractivity contribution in [3.8, 4) is 0 Å². The fourth-order valence-corrected chi connectivity index (χ4v) is 3.84. The number of aromatic amines is 1. The number of hydrogen-bond donors (Lipinski definition) is 4. The first-order chi connectivity index (χ1) is 13.1. The molecule has 0 spiro atoms. The molecule has 1 unspecified atom stereocenters. The number of benzene rings is 1. The number of para-hydroxylation sites is 1. The molecule has 2 heterocycles. The molecule has 0 saturated carbocycles. The molecule has 1 aromatic carbocycles. The first-order valence-electron chi connectivity index (χ1n) is 9.42. The Labute approximate surface area is 164 Å². The van der Waals surface area contributed by atoms with Gasteiger partial charge in [0.25, 0.3) is 0 Å². The van der Waals surface area contributed by atoms with Gasteiger partial charge in [0.15, 0.2) is 5.96 Å². The summed E-state index contributed by atoms with van der Waals surface area (Å²) in [4.78, 5) is 7.89. The summed E-state index contributed by atoms with van der Waals surface area (Å²) in [6, 6.07) is 10.3. The number of nitrogens with zero attached hydrogens (tertiary/aromatic N) is 1. The Morgan fingerprint density at radius 1 is 1.26 bits per heavy atom. The number of thiophene rings is 1. The van der Waals surface area contributed by atoms with Crippen molar-refractivity contribution in [3.05, 3.63) is 58.4 Å². The molecule has 0 aliphatic rings. The molecule has 6 heteroatoms. The highest BCUT2D eigenvalue weighted by molar-refractivity contribution is 7.08. The average Bonchev–Trinajstić information content (AvgIpc) is 3.34. The molecule has 0 bridgehead atoms. The lowest BCUT2D eigenvalue weighted by molar-refractivity contribution is 0.0677. The number of aryl methyl sites for hydroxylation is 1. The second kappa shape index (κ2) is 9.06. The number of guanidine groups is 1. The van der Waals surface area contributed by atoms with E-state index in [4.69, 9.17) is 0 Å². The van der Waals surface area contributed by atoms with Crippen molar-refractivity contribution in [1.29, 1.82) is 0 Å². The lowest BCUT2D eigenvalue weighted by Gasteiger charge is -2.21. The van der Waals surface area contributed by atoms with Crippen molar-refractivity contribution in [2.24, 2.45) is 4.99 Å². The van der Waals surface area contributed by atoms with E-state index in [1.165, 1.54) is 16.5 Å². The van der Waals surface area contributed by atoms with Crippen molar-refractivity contribution in [1.82, 2.24) is 15.6 Å². The Bertz CT molecular complexity index is 867. The van der Waals surface area contributed by atoms with Crippen molar-refractivity contribution < 1.29 is 5.11 Å². The van der Waals surface area contributed by atoms with Crippen molar-refractivity contribution >= 4 is 28.2 Å². The molecule has 4 N–H and O–H groups in total. The van der Waals surface area contributed by atoms with E-state index in [0.717, 1.165) is 37.5 Å². The van der Waals surface area contributed by atoms with Crippen LogP contribution in [0.2, 0.25) is 0 Å². The lowest BCUT2D eigenvalue weighted by Crippen LogP contribution is -2.39. The molecule has 3 aromatic rings. The van der Waals surface area contributed by atoms with Crippen LogP contribution in [0.1, 0.15) is 31.4 Å². The molecule has 5 nitrogen and oxygen atoms in total. The molecule has 0 fully saturated rings. The third kappa shape index (κ3) is 5.11. The first kappa shape index (κ1) is 19.5. The summed E-state index contributed by atoms with van der Waals surface area (Å²) >= 11 is 1.58. The fourth-order valence-electron chi connectivity index (χ4n) is 3.06. The molecule has 3 rings (SSSR count). The van der Waals surface area contributed by atoms with Crippen LogP contribution >= 0.6 is 11.3 Å². The van der Waals surface area contributed by atoms with Gasteiger partial charge in [0.2, 0.25) is 0 Å². The summed E-state index contributed by atoms with van der Waals surface area (Å²) in [7, 11) is 0. The van der Waals surface area contributed by atoms with Crippen LogP contribution in [0.25, 0.3) is 10.9 Å². The maximum absolute atomic E-state index is 10.6. The average molecular weight is 385 g/mol. The number of aliphatic imine (C=N–C) groups is 1. The third-order valence-corrected chi connectivity index (χ3v) is 5.31. The Kier molecular flexibility index (Phi) is 6.53. The van der Waals surface area contributed by atoms with Gasteiger partial charge in [-0.2, -0.15) is 11.3 Å². The Morgan fingerprint density at radius 3 is 2.89 bits per heavy atom. The van der Waals surface area contributed by atoms with Crippen LogP contribution < -0.4 is 10.6 Å². The van der Waals surface area contributed by atoms with Crippen LogP contribution in [0, 0.1) is 0 Å². The Balaban J connectivity index is 1.52. The van der Waals surface area contributed by atoms with Gasteiger partial charge in [0.1, 0.15) is 5.60 Å². The highest BCUT2D eigenvalue weighted by Gasteiger charge is 2.23. The number of aliphatic hydroxyl groups is 1. The predicted octanol–water partition coefficient (Wildman–Crippen LogP) is 3.62. The van der Waals surface area contributed by atoms with Crippen LogP contribution in [0.4, 0.5) is 0 Å². The molecule has 0 saturated heterocycles. The summed E-state index contributed by atoms with van der Waals surface area (Å²) in [6.45, 7) is 5.78. The van der Waals surface area contributed by atoms with Gasteiger partial charge < -0.3 is 20.7 Å². The van der Waals surface area contributed by atoms with E-state index in [-0.39, 0.29) is 0 Å². The maximum Gasteiger partial charge on any atom is 0.191 e. The second-order valence-electron chi connectivity index (χ2n) is 6.87. The zero-order chi connectivity index (χ0) is 19.1. The van der Waals surface area contributed by atoms with E-state index in [1.54, 1.807) is 18.3 Å². The van der Waals surface area contributed by atoms with Crippen LogP contribution in [-0.4, -0.2) is 35.7 Å². The quantitative estimate of drug-likeness (QED) is 0.272. The Morgan fingerprint density at radius 2 is 2.11 bits per heavy atom. The largest absolute Gasteiger partial charge is 0.383 e. The molecule has 1 atom stereocenters. The van der Waals surface area contributed by atoms with Gasteiger partial charge in [-0.25, -0.2) is 4.99 Å². The van der Waals surface area contributed by atoms with Gasteiger partial charge in [-0.3, -0.25) is 0 Å². The van der Waals surface area contributed by atoms with E-state index in [0.29, 0.717) is 6.54 Å². The number of H-pyrrole nitrogens is 1. The minimum atomic E-state index is -0.952. The van der Waals surface area contributed by atoms with Crippen LogP contribution in [0.3, 0.4) is 0 Å². The lowest BCUT2D eigenvalue weighted by atomic mass is 10.00. The molecule has 144 valence electrons. The topological polar surface area (TPSA) is 72.4 Å². The van der Waals surface area contributed by atoms with Crippen LogP contribution in [0.5, 0.6) is 0 Å². The predicted molar refractivity (Wildman–Crippen MR) is 114 cm³/mol. The molecule has 0 aliphatic carbocycles. The molecule has 27 heavy (non-hydrogen) atoms. The van der Waals surface area contributed by atoms with Gasteiger partial charge in [0.05, 0.1) is 6.54 Å². The van der Waals surface area contributed by atoms with Crippen LogP contribution in [-0.2, 0) is 12.0 Å². The van der Waals surface area contributed by atoms with Gasteiger partial charge in [0, 0.05) is 30.2 Å². The van der Waals surface area contributed by atoms with Gasteiger partial charge >= 0.3 is 0 Å². The zero-order valence-electron chi connectivity index (χ0n) is 16.0. The van der Waals surface area contributed by atoms with Crippen LogP contribution in [0.15, 0.2) is 52.3 Å².